The Morgan fingerprint density at radius 2 is 2.25 bits per heavy atom. The normalized spacial score (nSPS) is 38.6. The second kappa shape index (κ2) is 5.12. The zero-order valence-electron chi connectivity index (χ0n) is 9.75. The Hall–Kier alpha value is 0.0300. The number of aliphatic hydroxyl groups excluding tert-OH is 1. The van der Waals surface area contributed by atoms with Gasteiger partial charge in [-0.15, -0.1) is 0 Å². The lowest BCUT2D eigenvalue weighted by Crippen LogP contribution is -2.48. The van der Waals surface area contributed by atoms with Crippen LogP contribution in [0.5, 0.6) is 0 Å². The summed E-state index contributed by atoms with van der Waals surface area (Å²) < 4.78 is 26.9. The summed E-state index contributed by atoms with van der Waals surface area (Å²) in [6, 6.07) is 0. The molecule has 1 saturated heterocycles. The van der Waals surface area contributed by atoms with Crippen molar-refractivity contribution >= 4 is 7.60 Å². The topological polar surface area (TPSA) is 85.2 Å². The van der Waals surface area contributed by atoms with Crippen LogP contribution in [0.2, 0.25) is 0 Å². The van der Waals surface area contributed by atoms with Gasteiger partial charge in [-0.2, -0.15) is 0 Å². The molecule has 1 fully saturated rings. The first kappa shape index (κ1) is 14.1. The fraction of sp³-hybridized carbons (Fsp3) is 1.00. The van der Waals surface area contributed by atoms with Crippen molar-refractivity contribution in [2.24, 2.45) is 0 Å². The molecule has 0 spiro atoms. The molecule has 2 N–H and O–H groups in total. The molecule has 0 aliphatic carbocycles. The third-order valence-corrected chi connectivity index (χ3v) is 3.19. The van der Waals surface area contributed by atoms with E-state index in [9.17, 15) is 14.6 Å². The van der Waals surface area contributed by atoms with Crippen LogP contribution in [0.3, 0.4) is 0 Å². The van der Waals surface area contributed by atoms with Crippen LogP contribution in [0.15, 0.2) is 0 Å². The van der Waals surface area contributed by atoms with E-state index >= 15 is 0 Å². The van der Waals surface area contributed by atoms with E-state index in [0.29, 0.717) is 6.42 Å². The van der Waals surface area contributed by atoms with Crippen molar-refractivity contribution < 1.29 is 28.6 Å². The van der Waals surface area contributed by atoms with E-state index in [1.54, 1.807) is 0 Å². The van der Waals surface area contributed by atoms with Crippen molar-refractivity contribution in [3.05, 3.63) is 0 Å². The summed E-state index contributed by atoms with van der Waals surface area (Å²) in [6.45, 7) is 2.75. The van der Waals surface area contributed by atoms with Crippen LogP contribution in [0.1, 0.15) is 13.3 Å². The van der Waals surface area contributed by atoms with E-state index in [0.717, 1.165) is 6.66 Å². The Labute approximate surface area is 95.0 Å². The van der Waals surface area contributed by atoms with Gasteiger partial charge in [0.1, 0.15) is 11.7 Å². The van der Waals surface area contributed by atoms with Gasteiger partial charge in [0, 0.05) is 20.2 Å². The van der Waals surface area contributed by atoms with Crippen molar-refractivity contribution in [1.82, 2.24) is 0 Å². The zero-order valence-corrected chi connectivity index (χ0v) is 10.6. The highest BCUT2D eigenvalue weighted by Crippen LogP contribution is 2.45. The monoisotopic (exact) mass is 254 g/mol. The van der Waals surface area contributed by atoms with E-state index < -0.39 is 19.3 Å². The molecule has 1 rings (SSSR count). The Morgan fingerprint density at radius 3 is 2.69 bits per heavy atom. The van der Waals surface area contributed by atoms with Crippen LogP contribution in [0.4, 0.5) is 0 Å². The molecule has 0 saturated carbocycles. The van der Waals surface area contributed by atoms with Gasteiger partial charge in [0.05, 0.1) is 19.3 Å². The molecule has 1 unspecified atom stereocenters. The molecule has 7 heteroatoms. The number of methoxy groups -OCH3 is 1. The van der Waals surface area contributed by atoms with Crippen molar-refractivity contribution in [3.8, 4) is 0 Å². The summed E-state index contributed by atoms with van der Waals surface area (Å²) in [5.41, 5.74) is -1.04. The van der Waals surface area contributed by atoms with Gasteiger partial charge in [-0.1, -0.05) is 0 Å². The summed E-state index contributed by atoms with van der Waals surface area (Å²) in [6.07, 6.45) is -0.311. The van der Waals surface area contributed by atoms with Gasteiger partial charge in [-0.05, 0) is 6.92 Å². The number of rotatable bonds is 5. The van der Waals surface area contributed by atoms with Crippen LogP contribution in [0.25, 0.3) is 0 Å². The quantitative estimate of drug-likeness (QED) is 0.690. The molecule has 96 valence electrons. The highest BCUT2D eigenvalue weighted by molar-refractivity contribution is 7.51. The van der Waals surface area contributed by atoms with Crippen molar-refractivity contribution in [2.45, 2.75) is 31.2 Å². The largest absolute Gasteiger partial charge is 0.393 e. The van der Waals surface area contributed by atoms with E-state index in [4.69, 9.17) is 14.0 Å². The van der Waals surface area contributed by atoms with Crippen LogP contribution in [-0.2, 0) is 18.6 Å². The summed E-state index contributed by atoms with van der Waals surface area (Å²) in [7, 11) is -2.13. The van der Waals surface area contributed by atoms with Crippen LogP contribution < -0.4 is 0 Å². The number of aliphatic hydroxyl groups is 1. The molecule has 4 atom stereocenters. The van der Waals surface area contributed by atoms with Crippen molar-refractivity contribution in [2.75, 3.05) is 27.0 Å². The Balaban J connectivity index is 2.83. The molecule has 0 radical (unpaired) electrons. The third kappa shape index (κ3) is 3.26. The highest BCUT2D eigenvalue weighted by Gasteiger charge is 2.50. The minimum absolute atomic E-state index is 0.124. The smallest absolute Gasteiger partial charge is 0.325 e. The second-order valence-electron chi connectivity index (χ2n) is 4.22. The molecular formula is C9H19O6P. The molecule has 6 nitrogen and oxygen atoms in total. The SMILES string of the molecule is COC[C@@]1(CO)O[C@@H](C)C[C@H]1OP(C)(=O)O. The maximum absolute atomic E-state index is 11.2. The number of ether oxygens (including phenoxy) is 2. The van der Waals surface area contributed by atoms with Gasteiger partial charge in [-0.25, -0.2) is 0 Å². The number of hydrogen-bond acceptors (Lipinski definition) is 5. The van der Waals surface area contributed by atoms with Gasteiger partial charge in [0.15, 0.2) is 0 Å². The number of hydrogen-bond donors (Lipinski definition) is 2. The molecule has 1 aliphatic heterocycles. The van der Waals surface area contributed by atoms with Crippen LogP contribution in [0, 0.1) is 0 Å². The average Bonchev–Trinajstić information content (AvgIpc) is 2.41. The summed E-state index contributed by atoms with van der Waals surface area (Å²) >= 11 is 0. The van der Waals surface area contributed by atoms with Gasteiger partial charge in [0.2, 0.25) is 0 Å². The average molecular weight is 254 g/mol. The summed E-state index contributed by atoms with van der Waals surface area (Å²) in [5, 5.41) is 9.38. The minimum atomic E-state index is -3.60. The van der Waals surface area contributed by atoms with Crippen LogP contribution >= 0.6 is 7.60 Å². The van der Waals surface area contributed by atoms with Gasteiger partial charge >= 0.3 is 7.60 Å². The lowest BCUT2D eigenvalue weighted by Gasteiger charge is -2.32. The molecule has 0 aromatic heterocycles. The fourth-order valence-electron chi connectivity index (χ4n) is 1.97. The third-order valence-electron chi connectivity index (χ3n) is 2.55. The van der Waals surface area contributed by atoms with E-state index in [1.807, 2.05) is 6.92 Å². The molecule has 1 aliphatic rings. The zero-order chi connectivity index (χ0) is 12.4. The standard InChI is InChI=1S/C9H19O6P/c1-7-4-8(15-16(3,11)12)9(5-10,14-7)6-13-2/h7-8,10H,4-6H2,1-3H3,(H,11,12)/t7-,8+,9+/m0/s1. The van der Waals surface area contributed by atoms with Gasteiger partial charge < -0.3 is 24.0 Å². The molecule has 0 aromatic rings. The molecule has 0 bridgehead atoms. The first-order valence-corrected chi connectivity index (χ1v) is 7.12. The fourth-order valence-corrected chi connectivity index (χ4v) is 2.72. The van der Waals surface area contributed by atoms with Gasteiger partial charge in [-0.3, -0.25) is 4.57 Å². The maximum Gasteiger partial charge on any atom is 0.325 e. The predicted octanol–water partition coefficient (Wildman–Crippen LogP) is 0.373. The lowest BCUT2D eigenvalue weighted by atomic mass is 9.98. The van der Waals surface area contributed by atoms with E-state index in [2.05, 4.69) is 0 Å². The molecule has 1 heterocycles. The predicted molar refractivity (Wildman–Crippen MR) is 57.5 cm³/mol. The Bertz CT molecular complexity index is 277. The molecular weight excluding hydrogens is 235 g/mol. The van der Waals surface area contributed by atoms with Crippen LogP contribution in [-0.4, -0.2) is 54.8 Å². The van der Waals surface area contributed by atoms with Crippen molar-refractivity contribution in [3.63, 3.8) is 0 Å². The molecule has 16 heavy (non-hydrogen) atoms. The van der Waals surface area contributed by atoms with E-state index in [-0.39, 0.29) is 19.3 Å². The summed E-state index contributed by atoms with van der Waals surface area (Å²) in [4.78, 5) is 9.22. The first-order valence-electron chi connectivity index (χ1n) is 5.09. The molecule has 0 aromatic carbocycles. The summed E-state index contributed by atoms with van der Waals surface area (Å²) in [5.74, 6) is 0. The minimum Gasteiger partial charge on any atom is -0.393 e. The Morgan fingerprint density at radius 1 is 1.62 bits per heavy atom. The second-order valence-corrected chi connectivity index (χ2v) is 6.03. The Kier molecular flexibility index (Phi) is 4.51. The lowest BCUT2D eigenvalue weighted by molar-refractivity contribution is -0.135. The first-order chi connectivity index (χ1) is 7.33. The molecule has 0 amide bonds. The highest BCUT2D eigenvalue weighted by atomic mass is 31.2. The maximum atomic E-state index is 11.2. The van der Waals surface area contributed by atoms with Gasteiger partial charge in [0.25, 0.3) is 0 Å². The van der Waals surface area contributed by atoms with Crippen molar-refractivity contribution in [1.29, 1.82) is 0 Å². The van der Waals surface area contributed by atoms with E-state index in [1.165, 1.54) is 7.11 Å².